The highest BCUT2D eigenvalue weighted by Gasteiger charge is 2.10. The van der Waals surface area contributed by atoms with Crippen molar-refractivity contribution in [2.75, 3.05) is 0 Å². The van der Waals surface area contributed by atoms with E-state index in [1.807, 2.05) is 38.1 Å². The number of amides is 2. The summed E-state index contributed by atoms with van der Waals surface area (Å²) < 4.78 is 11.0. The van der Waals surface area contributed by atoms with Crippen molar-refractivity contribution in [3.05, 3.63) is 111 Å². The van der Waals surface area contributed by atoms with E-state index in [0.29, 0.717) is 22.5 Å². The molecule has 7 heteroatoms. The van der Waals surface area contributed by atoms with Gasteiger partial charge in [-0.2, -0.15) is 0 Å². The van der Waals surface area contributed by atoms with Crippen molar-refractivity contribution in [3.63, 3.8) is 0 Å². The van der Waals surface area contributed by atoms with Crippen LogP contribution in [0, 0.1) is 13.8 Å². The summed E-state index contributed by atoms with van der Waals surface area (Å²) in [7, 11) is 0. The lowest BCUT2D eigenvalue weighted by Gasteiger charge is -2.10. The number of hydrogen-bond donors (Lipinski definition) is 2. The number of benzene rings is 3. The number of hydrogen-bond acceptors (Lipinski definition) is 5. The molecule has 0 aliphatic heterocycles. The first-order valence-corrected chi connectivity index (χ1v) is 10.3. The minimum atomic E-state index is -0.428. The van der Waals surface area contributed by atoms with Gasteiger partial charge in [0.25, 0.3) is 11.8 Å². The molecule has 1 heterocycles. The molecule has 0 fully saturated rings. The number of rotatable bonds is 5. The third-order valence-electron chi connectivity index (χ3n) is 5.15. The fraction of sp³-hybridized carbons (Fsp3) is 0.115. The van der Waals surface area contributed by atoms with E-state index in [-0.39, 0.29) is 6.61 Å². The first kappa shape index (κ1) is 21.8. The minimum Gasteiger partial charge on any atom is -0.489 e. The zero-order valence-corrected chi connectivity index (χ0v) is 18.2. The molecule has 4 rings (SSSR count). The predicted molar refractivity (Wildman–Crippen MR) is 124 cm³/mol. The van der Waals surface area contributed by atoms with Crippen molar-refractivity contribution in [2.24, 2.45) is 0 Å². The van der Waals surface area contributed by atoms with Crippen molar-refractivity contribution in [2.45, 2.75) is 20.5 Å². The van der Waals surface area contributed by atoms with Gasteiger partial charge >= 0.3 is 5.63 Å². The van der Waals surface area contributed by atoms with E-state index in [4.69, 9.17) is 9.15 Å². The Morgan fingerprint density at radius 2 is 1.42 bits per heavy atom. The van der Waals surface area contributed by atoms with E-state index in [0.717, 1.165) is 22.1 Å². The lowest BCUT2D eigenvalue weighted by atomic mass is 10.1. The van der Waals surface area contributed by atoms with Gasteiger partial charge in [-0.3, -0.25) is 20.4 Å². The Morgan fingerprint density at radius 3 is 2.06 bits per heavy atom. The van der Waals surface area contributed by atoms with E-state index >= 15 is 0 Å². The van der Waals surface area contributed by atoms with Crippen LogP contribution in [-0.2, 0) is 6.61 Å². The summed E-state index contributed by atoms with van der Waals surface area (Å²) >= 11 is 0. The Balaban J connectivity index is 1.33. The highest BCUT2D eigenvalue weighted by molar-refractivity contribution is 5.99. The molecule has 166 valence electrons. The summed E-state index contributed by atoms with van der Waals surface area (Å²) in [6.07, 6.45) is 0. The van der Waals surface area contributed by atoms with Gasteiger partial charge in [-0.05, 0) is 61.4 Å². The number of hydrazine groups is 1. The van der Waals surface area contributed by atoms with Crippen LogP contribution in [-0.4, -0.2) is 11.8 Å². The van der Waals surface area contributed by atoms with Crippen molar-refractivity contribution < 1.29 is 18.7 Å². The largest absolute Gasteiger partial charge is 0.489 e. The summed E-state index contributed by atoms with van der Waals surface area (Å²) in [5.74, 6) is -0.255. The maximum atomic E-state index is 12.3. The van der Waals surface area contributed by atoms with Gasteiger partial charge in [0.05, 0.1) is 0 Å². The molecule has 33 heavy (non-hydrogen) atoms. The second kappa shape index (κ2) is 9.40. The van der Waals surface area contributed by atoms with Crippen LogP contribution >= 0.6 is 0 Å². The molecule has 3 aromatic carbocycles. The Morgan fingerprint density at radius 1 is 0.818 bits per heavy atom. The van der Waals surface area contributed by atoms with Crippen molar-refractivity contribution >= 4 is 22.8 Å². The Kier molecular flexibility index (Phi) is 6.22. The molecule has 4 aromatic rings. The highest BCUT2D eigenvalue weighted by atomic mass is 16.5. The quantitative estimate of drug-likeness (QED) is 0.359. The third kappa shape index (κ3) is 5.27. The van der Waals surface area contributed by atoms with Crippen LogP contribution in [0.25, 0.3) is 11.0 Å². The van der Waals surface area contributed by atoms with Gasteiger partial charge in [0.1, 0.15) is 17.9 Å². The van der Waals surface area contributed by atoms with Crippen molar-refractivity contribution in [1.29, 1.82) is 0 Å². The standard InChI is InChI=1S/C26H22N2O5/c1-16-3-7-19(8-4-16)25(30)27-28-26(31)20-9-5-18(6-10-20)15-32-21-11-12-22-17(2)13-24(29)33-23(22)14-21/h3-14H,15H2,1-2H3,(H,27,30)(H,28,31). The average Bonchev–Trinajstić information content (AvgIpc) is 2.81. The minimum absolute atomic E-state index is 0.271. The van der Waals surface area contributed by atoms with Crippen LogP contribution in [0.5, 0.6) is 5.75 Å². The zero-order chi connectivity index (χ0) is 23.4. The summed E-state index contributed by atoms with van der Waals surface area (Å²) in [6.45, 7) is 4.05. The predicted octanol–water partition coefficient (Wildman–Crippen LogP) is 4.06. The molecule has 0 spiro atoms. The van der Waals surface area contributed by atoms with Crippen molar-refractivity contribution in [1.82, 2.24) is 10.9 Å². The first-order valence-electron chi connectivity index (χ1n) is 10.3. The van der Waals surface area contributed by atoms with E-state index in [9.17, 15) is 14.4 Å². The molecule has 0 aliphatic carbocycles. The van der Waals surface area contributed by atoms with Gasteiger partial charge in [0, 0.05) is 28.6 Å². The number of carbonyl (C=O) groups is 2. The molecular formula is C26H22N2O5. The van der Waals surface area contributed by atoms with E-state index in [1.165, 1.54) is 6.07 Å². The van der Waals surface area contributed by atoms with E-state index < -0.39 is 17.4 Å². The third-order valence-corrected chi connectivity index (χ3v) is 5.15. The van der Waals surface area contributed by atoms with Crippen LogP contribution in [0.4, 0.5) is 0 Å². The van der Waals surface area contributed by atoms with Crippen LogP contribution in [0.1, 0.15) is 37.4 Å². The molecule has 0 bridgehead atoms. The molecule has 0 unspecified atom stereocenters. The van der Waals surface area contributed by atoms with Gasteiger partial charge in [-0.25, -0.2) is 4.79 Å². The normalized spacial score (nSPS) is 10.6. The first-order chi connectivity index (χ1) is 15.9. The zero-order valence-electron chi connectivity index (χ0n) is 18.2. The Bertz CT molecular complexity index is 1370. The molecule has 1 aromatic heterocycles. The highest BCUT2D eigenvalue weighted by Crippen LogP contribution is 2.23. The Hall–Kier alpha value is -4.39. The van der Waals surface area contributed by atoms with Gasteiger partial charge in [0.15, 0.2) is 0 Å². The molecule has 2 amide bonds. The van der Waals surface area contributed by atoms with Crippen LogP contribution in [0.15, 0.2) is 82.0 Å². The number of aryl methyl sites for hydroxylation is 2. The lowest BCUT2D eigenvalue weighted by Crippen LogP contribution is -2.41. The SMILES string of the molecule is Cc1ccc(C(=O)NNC(=O)c2ccc(COc3ccc4c(C)cc(=O)oc4c3)cc2)cc1. The molecular weight excluding hydrogens is 420 g/mol. The maximum Gasteiger partial charge on any atom is 0.336 e. The monoisotopic (exact) mass is 442 g/mol. The molecule has 7 nitrogen and oxygen atoms in total. The molecule has 0 atom stereocenters. The van der Waals surface area contributed by atoms with Gasteiger partial charge in [-0.1, -0.05) is 29.8 Å². The van der Waals surface area contributed by atoms with Crippen LogP contribution in [0.2, 0.25) is 0 Å². The van der Waals surface area contributed by atoms with Gasteiger partial charge < -0.3 is 9.15 Å². The van der Waals surface area contributed by atoms with Crippen molar-refractivity contribution in [3.8, 4) is 5.75 Å². The number of carbonyl (C=O) groups excluding carboxylic acids is 2. The van der Waals surface area contributed by atoms with Gasteiger partial charge in [-0.15, -0.1) is 0 Å². The van der Waals surface area contributed by atoms with Crippen LogP contribution < -0.4 is 21.2 Å². The average molecular weight is 442 g/mol. The molecule has 2 N–H and O–H groups in total. The number of nitrogens with one attached hydrogen (secondary N) is 2. The second-order valence-electron chi connectivity index (χ2n) is 7.67. The number of fused-ring (bicyclic) bond motifs is 1. The molecule has 0 saturated carbocycles. The van der Waals surface area contributed by atoms with E-state index in [1.54, 1.807) is 42.5 Å². The smallest absolute Gasteiger partial charge is 0.336 e. The van der Waals surface area contributed by atoms with Crippen LogP contribution in [0.3, 0.4) is 0 Å². The summed E-state index contributed by atoms with van der Waals surface area (Å²) in [6, 6.07) is 20.7. The van der Waals surface area contributed by atoms with Gasteiger partial charge in [0.2, 0.25) is 0 Å². The Labute approximate surface area is 190 Å². The second-order valence-corrected chi connectivity index (χ2v) is 7.67. The summed E-state index contributed by atoms with van der Waals surface area (Å²) in [5, 5.41) is 0.854. The summed E-state index contributed by atoms with van der Waals surface area (Å²) in [4.78, 5) is 36.0. The molecule has 0 saturated heterocycles. The topological polar surface area (TPSA) is 97.6 Å². The fourth-order valence-electron chi connectivity index (χ4n) is 3.28. The molecule has 0 aliphatic rings. The van der Waals surface area contributed by atoms with E-state index in [2.05, 4.69) is 10.9 Å². The maximum absolute atomic E-state index is 12.3. The number of ether oxygens (including phenoxy) is 1. The molecule has 0 radical (unpaired) electrons. The summed E-state index contributed by atoms with van der Waals surface area (Å²) in [5.41, 5.74) is 8.47. The fourth-order valence-corrected chi connectivity index (χ4v) is 3.28. The lowest BCUT2D eigenvalue weighted by molar-refractivity contribution is 0.0846.